The van der Waals surface area contributed by atoms with Crippen LogP contribution in [0.25, 0.3) is 22.0 Å². The molecule has 0 spiro atoms. The number of benzene rings is 2. The van der Waals surface area contributed by atoms with Gasteiger partial charge in [-0.3, -0.25) is 4.72 Å². The Labute approximate surface area is 189 Å². The Morgan fingerprint density at radius 1 is 0.935 bits per heavy atom. The van der Waals surface area contributed by atoms with Gasteiger partial charge < -0.3 is 5.32 Å². The Morgan fingerprint density at radius 3 is 2.48 bits per heavy atom. The van der Waals surface area contributed by atoms with Crippen molar-refractivity contribution >= 4 is 61.3 Å². The highest BCUT2D eigenvalue weighted by Gasteiger charge is 2.12. The van der Waals surface area contributed by atoms with Gasteiger partial charge in [-0.1, -0.05) is 35.3 Å². The molecule has 0 amide bonds. The number of pyridine rings is 1. The van der Waals surface area contributed by atoms with Crippen molar-refractivity contribution in [1.82, 2.24) is 15.0 Å². The summed E-state index contributed by atoms with van der Waals surface area (Å²) in [6.45, 7) is 1.94. The van der Waals surface area contributed by atoms with E-state index in [1.165, 1.54) is 6.33 Å². The molecule has 158 valence electrons. The molecule has 0 unspecified atom stereocenters. The van der Waals surface area contributed by atoms with Gasteiger partial charge in [0, 0.05) is 27.9 Å². The summed E-state index contributed by atoms with van der Waals surface area (Å²) in [4.78, 5) is 12.8. The van der Waals surface area contributed by atoms with Crippen molar-refractivity contribution in [2.75, 3.05) is 16.3 Å². The minimum Gasteiger partial charge on any atom is -0.340 e. The second-order valence-corrected chi connectivity index (χ2v) is 9.49. The Morgan fingerprint density at radius 2 is 1.74 bits per heavy atom. The number of halogens is 2. The van der Waals surface area contributed by atoms with E-state index in [0.717, 1.165) is 34.0 Å². The van der Waals surface area contributed by atoms with E-state index in [-0.39, 0.29) is 10.8 Å². The highest BCUT2D eigenvalue weighted by Crippen LogP contribution is 2.32. The lowest BCUT2D eigenvalue weighted by Gasteiger charge is -2.12. The van der Waals surface area contributed by atoms with Crippen molar-refractivity contribution in [3.63, 3.8) is 0 Å². The second-order valence-electron chi connectivity index (χ2n) is 6.98. The number of nitrogens with one attached hydrogen (secondary N) is 2. The van der Waals surface area contributed by atoms with Crippen LogP contribution >= 0.6 is 23.2 Å². The van der Waals surface area contributed by atoms with Crippen LogP contribution in [0.1, 0.15) is 5.56 Å². The zero-order chi connectivity index (χ0) is 22.2. The summed E-state index contributed by atoms with van der Waals surface area (Å²) in [7, 11) is -3.50. The molecule has 0 saturated carbocycles. The number of hydrogen-bond donors (Lipinski definition) is 2. The van der Waals surface area contributed by atoms with Crippen molar-refractivity contribution in [3.05, 3.63) is 70.7 Å². The molecule has 2 aromatic heterocycles. The molecule has 0 aliphatic heterocycles. The van der Waals surface area contributed by atoms with E-state index in [1.807, 2.05) is 43.3 Å². The van der Waals surface area contributed by atoms with Crippen LogP contribution in [-0.2, 0) is 10.0 Å². The molecule has 0 aliphatic rings. The average Bonchev–Trinajstić information content (AvgIpc) is 2.71. The van der Waals surface area contributed by atoms with Crippen LogP contribution in [0.5, 0.6) is 0 Å². The Balaban J connectivity index is 1.76. The summed E-state index contributed by atoms with van der Waals surface area (Å²) in [5.74, 6) is 0.614. The first-order valence-electron chi connectivity index (χ1n) is 9.11. The molecule has 0 atom stereocenters. The van der Waals surface area contributed by atoms with Gasteiger partial charge in [0.25, 0.3) is 0 Å². The van der Waals surface area contributed by atoms with Gasteiger partial charge in [-0.05, 0) is 48.4 Å². The predicted octanol–water partition coefficient (Wildman–Crippen LogP) is 5.42. The van der Waals surface area contributed by atoms with Gasteiger partial charge in [0.1, 0.15) is 12.1 Å². The average molecular weight is 474 g/mol. The molecule has 7 nitrogen and oxygen atoms in total. The number of rotatable bonds is 5. The summed E-state index contributed by atoms with van der Waals surface area (Å²) in [6, 6.07) is 13.0. The topological polar surface area (TPSA) is 96.9 Å². The number of nitrogens with zero attached hydrogens (tertiary/aromatic N) is 3. The van der Waals surface area contributed by atoms with Crippen LogP contribution in [0.4, 0.5) is 17.2 Å². The van der Waals surface area contributed by atoms with Crippen molar-refractivity contribution in [2.24, 2.45) is 0 Å². The van der Waals surface area contributed by atoms with Gasteiger partial charge in [-0.2, -0.15) is 0 Å². The molecular formula is C21H17Cl2N5O2S. The first kappa shape index (κ1) is 21.3. The number of hydrogen-bond acceptors (Lipinski definition) is 6. The summed E-state index contributed by atoms with van der Waals surface area (Å²) >= 11 is 12.3. The zero-order valence-electron chi connectivity index (χ0n) is 16.5. The second kappa shape index (κ2) is 8.30. The van der Waals surface area contributed by atoms with Gasteiger partial charge in [-0.15, -0.1) is 0 Å². The van der Waals surface area contributed by atoms with Gasteiger partial charge in [0.2, 0.25) is 10.0 Å². The van der Waals surface area contributed by atoms with E-state index < -0.39 is 10.0 Å². The van der Waals surface area contributed by atoms with Crippen molar-refractivity contribution in [3.8, 4) is 11.1 Å². The first-order valence-corrected chi connectivity index (χ1v) is 11.8. The molecule has 4 aromatic rings. The quantitative estimate of drug-likeness (QED) is 0.375. The molecule has 0 saturated heterocycles. The minimum absolute atomic E-state index is 0.0666. The maximum atomic E-state index is 11.6. The third kappa shape index (κ3) is 4.87. The third-order valence-corrected chi connectivity index (χ3v) is 5.84. The van der Waals surface area contributed by atoms with Gasteiger partial charge in [0.05, 0.1) is 17.5 Å². The number of fused-ring (bicyclic) bond motifs is 1. The summed E-state index contributed by atoms with van der Waals surface area (Å²) < 4.78 is 25.6. The highest BCUT2D eigenvalue weighted by atomic mass is 35.5. The first-order chi connectivity index (χ1) is 14.7. The number of aromatic nitrogens is 3. The van der Waals surface area contributed by atoms with E-state index >= 15 is 0 Å². The smallest absolute Gasteiger partial charge is 0.229 e. The van der Waals surface area contributed by atoms with Crippen LogP contribution in [0.15, 0.2) is 55.0 Å². The van der Waals surface area contributed by atoms with Crippen LogP contribution in [0.3, 0.4) is 0 Å². The minimum atomic E-state index is -3.50. The zero-order valence-corrected chi connectivity index (χ0v) is 18.8. The van der Waals surface area contributed by atoms with Gasteiger partial charge >= 0.3 is 0 Å². The van der Waals surface area contributed by atoms with Gasteiger partial charge in [0.15, 0.2) is 5.15 Å². The largest absolute Gasteiger partial charge is 0.340 e. The van der Waals surface area contributed by atoms with Crippen molar-refractivity contribution in [1.29, 1.82) is 0 Å². The maximum absolute atomic E-state index is 11.6. The van der Waals surface area contributed by atoms with Crippen LogP contribution in [0, 0.1) is 6.92 Å². The Bertz CT molecular complexity index is 1410. The highest BCUT2D eigenvalue weighted by molar-refractivity contribution is 7.92. The van der Waals surface area contributed by atoms with Crippen molar-refractivity contribution in [2.45, 2.75) is 6.92 Å². The van der Waals surface area contributed by atoms with Crippen molar-refractivity contribution < 1.29 is 8.42 Å². The molecule has 0 aliphatic carbocycles. The van der Waals surface area contributed by atoms with E-state index in [0.29, 0.717) is 16.4 Å². The van der Waals surface area contributed by atoms with Crippen LogP contribution in [-0.4, -0.2) is 29.6 Å². The third-order valence-electron chi connectivity index (χ3n) is 4.54. The maximum Gasteiger partial charge on any atom is 0.229 e. The van der Waals surface area contributed by atoms with E-state index in [2.05, 4.69) is 25.0 Å². The summed E-state index contributed by atoms with van der Waals surface area (Å²) in [5.41, 5.74) is 4.22. The van der Waals surface area contributed by atoms with Gasteiger partial charge in [-0.25, -0.2) is 23.4 Å². The Kier molecular flexibility index (Phi) is 5.70. The molecule has 2 N–H and O–H groups in total. The molecular weight excluding hydrogens is 457 g/mol. The monoisotopic (exact) mass is 473 g/mol. The van der Waals surface area contributed by atoms with E-state index in [1.54, 1.807) is 12.3 Å². The number of sulfonamides is 1. The summed E-state index contributed by atoms with van der Waals surface area (Å²) in [6.07, 6.45) is 4.12. The molecule has 2 heterocycles. The predicted molar refractivity (Wildman–Crippen MR) is 126 cm³/mol. The Hall–Kier alpha value is -2.94. The molecule has 31 heavy (non-hydrogen) atoms. The van der Waals surface area contributed by atoms with E-state index in [4.69, 9.17) is 23.2 Å². The fourth-order valence-electron chi connectivity index (χ4n) is 3.02. The lowest BCUT2D eigenvalue weighted by molar-refractivity contribution is 0.607. The van der Waals surface area contributed by atoms with Crippen LogP contribution in [0.2, 0.25) is 10.2 Å². The molecule has 0 radical (unpaired) electrons. The lowest BCUT2D eigenvalue weighted by atomic mass is 10.0. The number of aryl methyl sites for hydroxylation is 1. The SMILES string of the molecule is Cc1ccc(Nc2ncnc3ccc(-c4cnc(Cl)c(NS(C)(=O)=O)c4)cc23)cc1Cl. The molecule has 0 fully saturated rings. The molecule has 4 rings (SSSR count). The standard InChI is InChI=1S/C21H17Cl2N5O2S/c1-12-3-5-15(9-17(12)22)27-21-16-7-13(4-6-18(16)25-11-26-21)14-8-19(20(23)24-10-14)28-31(2,29)30/h3-11,28H,1-2H3,(H,25,26,27). The van der Waals surface area contributed by atoms with E-state index in [9.17, 15) is 8.42 Å². The fourth-order valence-corrected chi connectivity index (χ4v) is 3.96. The van der Waals surface area contributed by atoms with Crippen LogP contribution < -0.4 is 10.0 Å². The fraction of sp³-hybridized carbons (Fsp3) is 0.0952. The molecule has 0 bridgehead atoms. The lowest BCUT2D eigenvalue weighted by Crippen LogP contribution is -2.10. The number of anilines is 3. The summed E-state index contributed by atoms with van der Waals surface area (Å²) in [5, 5.41) is 4.78. The molecule has 2 aromatic carbocycles. The molecule has 10 heteroatoms. The normalized spacial score (nSPS) is 11.5.